The smallest absolute Gasteiger partial charge is 0.225 e. The largest absolute Gasteiger partial charge is 0.496 e. The normalized spacial score (nSPS) is 12.1. The average molecular weight is 458 g/mol. The van der Waals surface area contributed by atoms with E-state index >= 15 is 0 Å². The first-order chi connectivity index (χ1) is 11.8. The highest BCUT2D eigenvalue weighted by molar-refractivity contribution is 14.1. The molecule has 7 nitrogen and oxygen atoms in total. The minimum Gasteiger partial charge on any atom is -0.496 e. The Labute approximate surface area is 161 Å². The van der Waals surface area contributed by atoms with Gasteiger partial charge in [-0.1, -0.05) is 13.8 Å². The maximum Gasteiger partial charge on any atom is 0.225 e. The van der Waals surface area contributed by atoms with Crippen LogP contribution >= 0.6 is 22.6 Å². The second kappa shape index (κ2) is 8.52. The Morgan fingerprint density at radius 1 is 1.24 bits per heavy atom. The number of rotatable bonds is 7. The molecule has 0 bridgehead atoms. The third kappa shape index (κ3) is 4.85. The lowest BCUT2D eigenvalue weighted by Crippen LogP contribution is -2.21. The molecule has 0 saturated carbocycles. The van der Waals surface area contributed by atoms with Crippen LogP contribution < -0.4 is 20.5 Å². The first-order valence-corrected chi connectivity index (χ1v) is 8.98. The summed E-state index contributed by atoms with van der Waals surface area (Å²) in [5.41, 5.74) is 7.01. The van der Waals surface area contributed by atoms with Crippen molar-refractivity contribution in [3.8, 4) is 17.2 Å². The van der Waals surface area contributed by atoms with Crippen molar-refractivity contribution in [1.29, 1.82) is 0 Å². The maximum absolute atomic E-state index is 9.08. The van der Waals surface area contributed by atoms with E-state index in [0.717, 1.165) is 14.9 Å². The SMILES string of the molecule is COc1cc(C(C)C)c(Oc2cnc(N[C@H](C)CO)nc2N)cc1I. The van der Waals surface area contributed by atoms with Crippen molar-refractivity contribution in [2.75, 3.05) is 24.8 Å². The Morgan fingerprint density at radius 2 is 1.96 bits per heavy atom. The molecular formula is C17H23IN4O3. The molecule has 2 aromatic rings. The number of nitrogen functional groups attached to an aromatic ring is 1. The van der Waals surface area contributed by atoms with Gasteiger partial charge in [-0.2, -0.15) is 4.98 Å². The average Bonchev–Trinajstić information content (AvgIpc) is 2.57. The Morgan fingerprint density at radius 3 is 2.52 bits per heavy atom. The summed E-state index contributed by atoms with van der Waals surface area (Å²) in [5.74, 6) is 2.70. The highest BCUT2D eigenvalue weighted by Crippen LogP contribution is 2.37. The molecule has 1 atom stereocenters. The van der Waals surface area contributed by atoms with Gasteiger partial charge in [0.15, 0.2) is 11.6 Å². The Bertz CT molecular complexity index is 740. The fourth-order valence-corrected chi connectivity index (χ4v) is 2.82. The standard InChI is InChI=1S/C17H23IN4O3/c1-9(2)11-5-14(24-4)12(18)6-13(11)25-15-7-20-17(22-16(15)19)21-10(3)8-23/h5-7,9-10,23H,8H2,1-4H3,(H3,19,20,21,22)/t10-/m1/s1. The lowest BCUT2D eigenvalue weighted by atomic mass is 10.0. The van der Waals surface area contributed by atoms with E-state index < -0.39 is 0 Å². The Hall–Kier alpha value is -1.81. The van der Waals surface area contributed by atoms with Crippen molar-refractivity contribution < 1.29 is 14.6 Å². The zero-order valence-electron chi connectivity index (χ0n) is 14.7. The molecule has 0 amide bonds. The molecule has 1 aromatic carbocycles. The van der Waals surface area contributed by atoms with Crippen molar-refractivity contribution in [1.82, 2.24) is 9.97 Å². The number of aliphatic hydroxyl groups excluding tert-OH is 1. The molecule has 0 aliphatic heterocycles. The van der Waals surface area contributed by atoms with Crippen molar-refractivity contribution in [2.24, 2.45) is 0 Å². The minimum atomic E-state index is -0.165. The van der Waals surface area contributed by atoms with E-state index in [9.17, 15) is 0 Å². The summed E-state index contributed by atoms with van der Waals surface area (Å²) in [7, 11) is 1.65. The molecule has 0 unspecified atom stereocenters. The number of methoxy groups -OCH3 is 1. The van der Waals surface area contributed by atoms with Crippen molar-refractivity contribution in [2.45, 2.75) is 32.7 Å². The molecule has 0 fully saturated rings. The van der Waals surface area contributed by atoms with Gasteiger partial charge in [0.1, 0.15) is 11.5 Å². The van der Waals surface area contributed by atoms with Gasteiger partial charge in [0.05, 0.1) is 23.5 Å². The number of ether oxygens (including phenoxy) is 2. The molecule has 1 aromatic heterocycles. The molecule has 0 aliphatic carbocycles. The van der Waals surface area contributed by atoms with Gasteiger partial charge < -0.3 is 25.6 Å². The summed E-state index contributed by atoms with van der Waals surface area (Å²) in [6.07, 6.45) is 1.52. The summed E-state index contributed by atoms with van der Waals surface area (Å²) in [5, 5.41) is 12.0. The number of nitrogens with zero attached hydrogens (tertiary/aromatic N) is 2. The van der Waals surface area contributed by atoms with E-state index in [4.69, 9.17) is 20.3 Å². The van der Waals surface area contributed by atoms with E-state index in [1.807, 2.05) is 19.1 Å². The number of aromatic nitrogens is 2. The van der Waals surface area contributed by atoms with Gasteiger partial charge in [-0.05, 0) is 47.6 Å². The second-order valence-electron chi connectivity index (χ2n) is 5.95. The fraction of sp³-hybridized carbons (Fsp3) is 0.412. The van der Waals surface area contributed by atoms with Crippen molar-refractivity contribution in [3.05, 3.63) is 27.5 Å². The summed E-state index contributed by atoms with van der Waals surface area (Å²) < 4.78 is 12.3. The molecule has 4 N–H and O–H groups in total. The monoisotopic (exact) mass is 458 g/mol. The fourth-order valence-electron chi connectivity index (χ4n) is 2.16. The van der Waals surface area contributed by atoms with Crippen molar-refractivity contribution >= 4 is 34.4 Å². The number of nitrogens with one attached hydrogen (secondary N) is 1. The van der Waals surface area contributed by atoms with Gasteiger partial charge in [-0.15, -0.1) is 0 Å². The Kier molecular flexibility index (Phi) is 6.65. The third-order valence-corrected chi connectivity index (χ3v) is 4.40. The molecule has 0 aliphatic rings. The van der Waals surface area contributed by atoms with Crippen LogP contribution in [0.5, 0.6) is 17.2 Å². The van der Waals surface area contributed by atoms with Crippen LogP contribution in [0.15, 0.2) is 18.3 Å². The predicted molar refractivity (Wildman–Crippen MR) is 106 cm³/mol. The van der Waals surface area contributed by atoms with Crippen LogP contribution in [0.2, 0.25) is 0 Å². The molecule has 0 radical (unpaired) electrons. The van der Waals surface area contributed by atoms with E-state index in [1.165, 1.54) is 6.20 Å². The van der Waals surface area contributed by atoms with Crippen LogP contribution in [0.1, 0.15) is 32.3 Å². The molecule has 1 heterocycles. The van der Waals surface area contributed by atoms with Crippen LogP contribution in [0.25, 0.3) is 0 Å². The first kappa shape index (κ1) is 19.5. The van der Waals surface area contributed by atoms with E-state index in [0.29, 0.717) is 17.4 Å². The van der Waals surface area contributed by atoms with Crippen LogP contribution in [-0.2, 0) is 0 Å². The number of nitrogens with two attached hydrogens (primary N) is 1. The highest BCUT2D eigenvalue weighted by Gasteiger charge is 2.16. The third-order valence-electron chi connectivity index (χ3n) is 3.56. The van der Waals surface area contributed by atoms with Gasteiger partial charge in [0.2, 0.25) is 5.95 Å². The molecule has 8 heteroatoms. The quantitative estimate of drug-likeness (QED) is 0.547. The van der Waals surface area contributed by atoms with Gasteiger partial charge in [0.25, 0.3) is 0 Å². The molecule has 25 heavy (non-hydrogen) atoms. The first-order valence-electron chi connectivity index (χ1n) is 7.90. The number of anilines is 2. The van der Waals surface area contributed by atoms with Gasteiger partial charge in [-0.25, -0.2) is 4.98 Å². The molecule has 2 rings (SSSR count). The number of benzene rings is 1. The number of aliphatic hydroxyl groups is 1. The lowest BCUT2D eigenvalue weighted by Gasteiger charge is -2.17. The number of halogens is 1. The van der Waals surface area contributed by atoms with Gasteiger partial charge in [0, 0.05) is 11.6 Å². The topological polar surface area (TPSA) is 103 Å². The van der Waals surface area contributed by atoms with Crippen LogP contribution in [0.4, 0.5) is 11.8 Å². The Balaban J connectivity index is 2.31. The molecule has 0 saturated heterocycles. The molecule has 0 spiro atoms. The number of hydrogen-bond donors (Lipinski definition) is 3. The van der Waals surface area contributed by atoms with E-state index in [1.54, 1.807) is 7.11 Å². The van der Waals surface area contributed by atoms with E-state index in [-0.39, 0.29) is 24.4 Å². The predicted octanol–water partition coefficient (Wildman–Crippen LogP) is 3.38. The van der Waals surface area contributed by atoms with Crippen LogP contribution in [0.3, 0.4) is 0 Å². The zero-order chi connectivity index (χ0) is 18.6. The minimum absolute atomic E-state index is 0.0243. The summed E-state index contributed by atoms with van der Waals surface area (Å²) in [6.45, 7) is 5.96. The summed E-state index contributed by atoms with van der Waals surface area (Å²) in [4.78, 5) is 8.37. The second-order valence-corrected chi connectivity index (χ2v) is 7.11. The van der Waals surface area contributed by atoms with E-state index in [2.05, 4.69) is 51.7 Å². The lowest BCUT2D eigenvalue weighted by molar-refractivity contribution is 0.281. The van der Waals surface area contributed by atoms with Crippen LogP contribution in [-0.4, -0.2) is 34.8 Å². The van der Waals surface area contributed by atoms with Gasteiger partial charge >= 0.3 is 0 Å². The molecule has 136 valence electrons. The zero-order valence-corrected chi connectivity index (χ0v) is 16.9. The van der Waals surface area contributed by atoms with Gasteiger partial charge in [-0.3, -0.25) is 0 Å². The summed E-state index contributed by atoms with van der Waals surface area (Å²) in [6, 6.07) is 3.72. The highest BCUT2D eigenvalue weighted by atomic mass is 127. The number of hydrogen-bond acceptors (Lipinski definition) is 7. The van der Waals surface area contributed by atoms with Crippen LogP contribution in [0, 0.1) is 3.57 Å². The molecular weight excluding hydrogens is 435 g/mol. The van der Waals surface area contributed by atoms with Crippen molar-refractivity contribution in [3.63, 3.8) is 0 Å². The maximum atomic E-state index is 9.08. The summed E-state index contributed by atoms with van der Waals surface area (Å²) >= 11 is 2.20.